The van der Waals surface area contributed by atoms with Gasteiger partial charge in [-0.1, -0.05) is 20.8 Å². The van der Waals surface area contributed by atoms with E-state index in [-0.39, 0.29) is 0 Å². The zero-order chi connectivity index (χ0) is 11.5. The monoisotopic (exact) mass is 318 g/mol. The second-order valence-corrected chi connectivity index (χ2v) is 5.77. The van der Waals surface area contributed by atoms with Crippen molar-refractivity contribution >= 4 is 34.0 Å². The summed E-state index contributed by atoms with van der Waals surface area (Å²) >= 11 is 2.31. The van der Waals surface area contributed by atoms with Crippen LogP contribution >= 0.6 is 22.6 Å². The third kappa shape index (κ3) is 3.89. The van der Waals surface area contributed by atoms with E-state index < -0.39 is 0 Å². The van der Waals surface area contributed by atoms with Crippen LogP contribution in [-0.4, -0.2) is 6.54 Å². The van der Waals surface area contributed by atoms with Gasteiger partial charge in [-0.2, -0.15) is 0 Å². The van der Waals surface area contributed by atoms with Crippen molar-refractivity contribution in [2.45, 2.75) is 27.2 Å². The number of nitrogens with two attached hydrogens (primary N) is 1. The van der Waals surface area contributed by atoms with Crippen LogP contribution in [0.5, 0.6) is 0 Å². The average molecular weight is 318 g/mol. The van der Waals surface area contributed by atoms with E-state index in [0.717, 1.165) is 12.2 Å². The third-order valence-electron chi connectivity index (χ3n) is 2.71. The van der Waals surface area contributed by atoms with Crippen molar-refractivity contribution in [3.05, 3.63) is 21.8 Å². The second-order valence-electron chi connectivity index (χ2n) is 4.61. The highest BCUT2D eigenvalue weighted by Crippen LogP contribution is 2.24. The summed E-state index contributed by atoms with van der Waals surface area (Å²) in [6.07, 6.45) is 1.17. The van der Waals surface area contributed by atoms with Gasteiger partial charge in [-0.25, -0.2) is 0 Å². The first-order valence-corrected chi connectivity index (χ1v) is 6.31. The standard InChI is InChI=1S/C12H19IN2/c1-4-12(2,3)8-15-11-6-5-9(14)7-10(11)13/h5-7,15H,4,8,14H2,1-3H3. The predicted molar refractivity (Wildman–Crippen MR) is 76.1 cm³/mol. The molecule has 2 nitrogen and oxygen atoms in total. The van der Waals surface area contributed by atoms with Crippen molar-refractivity contribution in [2.24, 2.45) is 5.41 Å². The highest BCUT2D eigenvalue weighted by Gasteiger charge is 2.14. The Morgan fingerprint density at radius 3 is 2.60 bits per heavy atom. The lowest BCUT2D eigenvalue weighted by Gasteiger charge is -2.24. The summed E-state index contributed by atoms with van der Waals surface area (Å²) in [6.45, 7) is 7.74. The van der Waals surface area contributed by atoms with E-state index in [2.05, 4.69) is 48.7 Å². The number of nitrogen functional groups attached to an aromatic ring is 1. The van der Waals surface area contributed by atoms with E-state index in [4.69, 9.17) is 5.73 Å². The molecule has 0 radical (unpaired) electrons. The Morgan fingerprint density at radius 1 is 1.40 bits per heavy atom. The minimum Gasteiger partial charge on any atom is -0.399 e. The van der Waals surface area contributed by atoms with Gasteiger partial charge in [0.15, 0.2) is 0 Å². The molecule has 15 heavy (non-hydrogen) atoms. The Bertz CT molecular complexity index is 334. The van der Waals surface area contributed by atoms with Gasteiger partial charge in [0, 0.05) is 21.5 Å². The Morgan fingerprint density at radius 2 is 2.07 bits per heavy atom. The zero-order valence-electron chi connectivity index (χ0n) is 9.60. The number of hydrogen-bond acceptors (Lipinski definition) is 2. The number of hydrogen-bond donors (Lipinski definition) is 2. The Balaban J connectivity index is 2.66. The summed E-state index contributed by atoms with van der Waals surface area (Å²) in [6, 6.07) is 5.97. The number of halogens is 1. The van der Waals surface area contributed by atoms with Gasteiger partial charge in [-0.05, 0) is 52.6 Å². The Hall–Kier alpha value is -0.450. The molecule has 0 aliphatic carbocycles. The van der Waals surface area contributed by atoms with Gasteiger partial charge in [0.1, 0.15) is 0 Å². The first kappa shape index (κ1) is 12.6. The molecule has 1 aromatic carbocycles. The van der Waals surface area contributed by atoms with Crippen LogP contribution in [0.15, 0.2) is 18.2 Å². The summed E-state index contributed by atoms with van der Waals surface area (Å²) in [4.78, 5) is 0. The highest BCUT2D eigenvalue weighted by atomic mass is 127. The molecule has 0 saturated carbocycles. The van der Waals surface area contributed by atoms with Gasteiger partial charge >= 0.3 is 0 Å². The molecule has 0 amide bonds. The van der Waals surface area contributed by atoms with Crippen LogP contribution < -0.4 is 11.1 Å². The fourth-order valence-corrected chi connectivity index (χ4v) is 1.86. The fourth-order valence-electron chi connectivity index (χ4n) is 1.13. The van der Waals surface area contributed by atoms with E-state index in [1.54, 1.807) is 0 Å². The molecule has 3 N–H and O–H groups in total. The highest BCUT2D eigenvalue weighted by molar-refractivity contribution is 14.1. The summed E-state index contributed by atoms with van der Waals surface area (Å²) in [5.41, 5.74) is 8.03. The van der Waals surface area contributed by atoms with Crippen LogP contribution in [0.3, 0.4) is 0 Å². The van der Waals surface area contributed by atoms with Crippen LogP contribution in [0.2, 0.25) is 0 Å². The number of benzene rings is 1. The summed E-state index contributed by atoms with van der Waals surface area (Å²) in [5, 5.41) is 3.47. The van der Waals surface area contributed by atoms with Gasteiger partial charge in [-0.15, -0.1) is 0 Å². The first-order valence-electron chi connectivity index (χ1n) is 5.23. The maximum Gasteiger partial charge on any atom is 0.0477 e. The van der Waals surface area contributed by atoms with Gasteiger partial charge < -0.3 is 11.1 Å². The molecule has 0 aliphatic heterocycles. The number of anilines is 2. The SMILES string of the molecule is CCC(C)(C)CNc1ccc(N)cc1I. The lowest BCUT2D eigenvalue weighted by molar-refractivity contribution is 0.377. The Kier molecular flexibility index (Phi) is 4.25. The van der Waals surface area contributed by atoms with Crippen LogP contribution in [0.1, 0.15) is 27.2 Å². The molecular formula is C12H19IN2. The van der Waals surface area contributed by atoms with Crippen molar-refractivity contribution in [3.63, 3.8) is 0 Å². The minimum absolute atomic E-state index is 0.338. The maximum absolute atomic E-state index is 5.70. The van der Waals surface area contributed by atoms with Crippen molar-refractivity contribution < 1.29 is 0 Å². The smallest absolute Gasteiger partial charge is 0.0477 e. The average Bonchev–Trinajstić information content (AvgIpc) is 2.16. The summed E-state index contributed by atoms with van der Waals surface area (Å²) in [7, 11) is 0. The molecule has 3 heteroatoms. The second kappa shape index (κ2) is 5.05. The molecule has 0 aliphatic rings. The molecule has 0 bridgehead atoms. The lowest BCUT2D eigenvalue weighted by atomic mass is 9.90. The summed E-state index contributed by atoms with van der Waals surface area (Å²) < 4.78 is 1.18. The van der Waals surface area contributed by atoms with E-state index >= 15 is 0 Å². The van der Waals surface area contributed by atoms with Gasteiger partial charge in [0.25, 0.3) is 0 Å². The van der Waals surface area contributed by atoms with Crippen LogP contribution in [0.25, 0.3) is 0 Å². The predicted octanol–water partition coefficient (Wildman–Crippen LogP) is 3.72. The fraction of sp³-hybridized carbons (Fsp3) is 0.500. The van der Waals surface area contributed by atoms with E-state index in [0.29, 0.717) is 5.41 Å². The molecule has 84 valence electrons. The quantitative estimate of drug-likeness (QED) is 0.656. The van der Waals surface area contributed by atoms with Gasteiger partial charge in [-0.3, -0.25) is 0 Å². The molecule has 0 spiro atoms. The molecule has 0 heterocycles. The maximum atomic E-state index is 5.70. The van der Waals surface area contributed by atoms with Crippen molar-refractivity contribution in [1.82, 2.24) is 0 Å². The molecule has 1 rings (SSSR count). The van der Waals surface area contributed by atoms with E-state index in [1.165, 1.54) is 15.7 Å². The molecule has 1 aromatic rings. The first-order chi connectivity index (χ1) is 6.94. The van der Waals surface area contributed by atoms with Crippen LogP contribution in [-0.2, 0) is 0 Å². The van der Waals surface area contributed by atoms with Crippen molar-refractivity contribution in [1.29, 1.82) is 0 Å². The lowest BCUT2D eigenvalue weighted by Crippen LogP contribution is -2.22. The van der Waals surface area contributed by atoms with Crippen LogP contribution in [0, 0.1) is 8.99 Å². The largest absolute Gasteiger partial charge is 0.399 e. The van der Waals surface area contributed by atoms with Crippen molar-refractivity contribution in [2.75, 3.05) is 17.6 Å². The van der Waals surface area contributed by atoms with Gasteiger partial charge in [0.05, 0.1) is 0 Å². The minimum atomic E-state index is 0.338. The molecule has 0 aromatic heterocycles. The van der Waals surface area contributed by atoms with Crippen molar-refractivity contribution in [3.8, 4) is 0 Å². The van der Waals surface area contributed by atoms with Gasteiger partial charge in [0.2, 0.25) is 0 Å². The topological polar surface area (TPSA) is 38.0 Å². The zero-order valence-corrected chi connectivity index (χ0v) is 11.8. The summed E-state index contributed by atoms with van der Waals surface area (Å²) in [5.74, 6) is 0. The van der Waals surface area contributed by atoms with Crippen LogP contribution in [0.4, 0.5) is 11.4 Å². The number of nitrogens with one attached hydrogen (secondary N) is 1. The molecule has 0 unspecified atom stereocenters. The molecule has 0 fully saturated rings. The van der Waals surface area contributed by atoms with E-state index in [9.17, 15) is 0 Å². The van der Waals surface area contributed by atoms with E-state index in [1.807, 2.05) is 18.2 Å². The third-order valence-corrected chi connectivity index (χ3v) is 3.60. The molecule has 0 saturated heterocycles. The normalized spacial score (nSPS) is 11.5. The molecule has 0 atom stereocenters. The molecular weight excluding hydrogens is 299 g/mol. The number of rotatable bonds is 4. The Labute approximate surface area is 106 Å².